The Bertz CT molecular complexity index is 1580. The second kappa shape index (κ2) is 11.8. The number of hydrogen-bond donors (Lipinski definition) is 1. The lowest BCUT2D eigenvalue weighted by molar-refractivity contribution is 0.0846. The third kappa shape index (κ3) is 5.24. The second-order valence-corrected chi connectivity index (χ2v) is 11.5. The molecule has 6 rings (SSSR count). The van der Waals surface area contributed by atoms with Gasteiger partial charge in [0, 0.05) is 30.1 Å². The Kier molecular flexibility index (Phi) is 7.90. The van der Waals surface area contributed by atoms with Crippen molar-refractivity contribution in [3.8, 4) is 17.1 Å². The first kappa shape index (κ1) is 28.2. The molecule has 2 saturated heterocycles. The molecule has 0 bridgehead atoms. The molecule has 1 N–H and O–H groups in total. The molecule has 2 aromatic heterocycles. The number of fused-ring (bicyclic) bond motifs is 4. The number of pyridine rings is 2. The maximum Gasteiger partial charge on any atom is 0.506 e. The van der Waals surface area contributed by atoms with Crippen LogP contribution in [0.1, 0.15) is 68.2 Å². The zero-order valence-electron chi connectivity index (χ0n) is 24.4. The van der Waals surface area contributed by atoms with Crippen molar-refractivity contribution in [3.63, 3.8) is 0 Å². The molecule has 3 aliphatic rings. The largest absolute Gasteiger partial charge is 0.506 e. The fourth-order valence-corrected chi connectivity index (χ4v) is 6.91. The van der Waals surface area contributed by atoms with Crippen molar-refractivity contribution in [2.24, 2.45) is 0 Å². The molecule has 1 aromatic carbocycles. The van der Waals surface area contributed by atoms with Gasteiger partial charge in [0.15, 0.2) is 0 Å². The minimum atomic E-state index is -1.41. The van der Waals surface area contributed by atoms with E-state index in [0.29, 0.717) is 49.8 Å². The van der Waals surface area contributed by atoms with Crippen molar-refractivity contribution in [2.75, 3.05) is 26.2 Å². The Labute approximate surface area is 244 Å². The fourth-order valence-electron chi connectivity index (χ4n) is 6.91. The Hall–Kier alpha value is -3.92. The second-order valence-electron chi connectivity index (χ2n) is 11.5. The van der Waals surface area contributed by atoms with Crippen LogP contribution in [-0.4, -0.2) is 68.9 Å². The number of ether oxygens (including phenoxy) is 2. The molecule has 42 heavy (non-hydrogen) atoms. The molecule has 5 heterocycles. The van der Waals surface area contributed by atoms with E-state index in [1.807, 2.05) is 30.0 Å². The van der Waals surface area contributed by atoms with E-state index in [1.54, 1.807) is 10.6 Å². The summed E-state index contributed by atoms with van der Waals surface area (Å²) in [6.45, 7) is 7.80. The van der Waals surface area contributed by atoms with Gasteiger partial charge in [-0.3, -0.25) is 4.79 Å². The summed E-state index contributed by atoms with van der Waals surface area (Å²) in [5.41, 5.74) is 5.13. The lowest BCUT2D eigenvalue weighted by Crippen LogP contribution is -2.48. The van der Waals surface area contributed by atoms with E-state index in [2.05, 4.69) is 11.8 Å². The summed E-state index contributed by atoms with van der Waals surface area (Å²) in [5.74, 6) is 0.483. The topological polar surface area (TPSA) is 114 Å². The number of aryl methyl sites for hydroxylation is 2. The Balaban J connectivity index is 1.24. The van der Waals surface area contributed by atoms with Crippen LogP contribution < -0.4 is 10.3 Å². The minimum Gasteiger partial charge on any atom is -0.450 e. The summed E-state index contributed by atoms with van der Waals surface area (Å²) in [6, 6.07) is 8.02. The zero-order valence-corrected chi connectivity index (χ0v) is 24.4. The number of likely N-dealkylation sites (tertiary alicyclic amines) is 2. The van der Waals surface area contributed by atoms with Crippen LogP contribution in [0.15, 0.2) is 29.1 Å². The maximum absolute atomic E-state index is 13.4. The molecule has 0 saturated carbocycles. The number of benzene rings is 1. The van der Waals surface area contributed by atoms with Gasteiger partial charge < -0.3 is 28.9 Å². The highest BCUT2D eigenvalue weighted by Crippen LogP contribution is 2.37. The average Bonchev–Trinajstić information content (AvgIpc) is 3.38. The van der Waals surface area contributed by atoms with Crippen LogP contribution in [0.5, 0.6) is 5.75 Å². The lowest BCUT2D eigenvalue weighted by Gasteiger charge is -2.39. The molecule has 2 fully saturated rings. The number of piperidine rings is 2. The summed E-state index contributed by atoms with van der Waals surface area (Å²) >= 11 is 0. The van der Waals surface area contributed by atoms with E-state index in [0.717, 1.165) is 51.8 Å². The normalized spacial score (nSPS) is 17.2. The van der Waals surface area contributed by atoms with E-state index < -0.39 is 6.16 Å². The molecule has 0 unspecified atom stereocenters. The monoisotopic (exact) mass is 574 g/mol. The SMILES string of the molecule is CCc1cc2n(c(=O)c1COC(=O)O)Cc1c-2nc2ccc(OC(=O)N3CCC(N4CCCCC4)CC3)cc2c1CC. The van der Waals surface area contributed by atoms with Crippen molar-refractivity contribution in [3.05, 3.63) is 56.9 Å². The first-order valence-corrected chi connectivity index (χ1v) is 15.2. The predicted molar refractivity (Wildman–Crippen MR) is 158 cm³/mol. The first-order chi connectivity index (χ1) is 20.4. The highest BCUT2D eigenvalue weighted by Gasteiger charge is 2.30. The maximum atomic E-state index is 13.4. The van der Waals surface area contributed by atoms with Gasteiger partial charge in [-0.2, -0.15) is 0 Å². The summed E-state index contributed by atoms with van der Waals surface area (Å²) in [4.78, 5) is 46.9. The van der Waals surface area contributed by atoms with Crippen LogP contribution in [-0.2, 0) is 30.7 Å². The number of aromatic nitrogens is 2. The van der Waals surface area contributed by atoms with Crippen molar-refractivity contribution in [1.29, 1.82) is 0 Å². The number of hydrogen-bond acceptors (Lipinski definition) is 7. The van der Waals surface area contributed by atoms with E-state index in [4.69, 9.17) is 19.6 Å². The number of carboxylic acid groups (broad SMARTS) is 1. The van der Waals surface area contributed by atoms with Crippen LogP contribution >= 0.6 is 0 Å². The zero-order chi connectivity index (χ0) is 29.4. The number of amides is 1. The molecular formula is C32H38N4O6. The van der Waals surface area contributed by atoms with Crippen LogP contribution in [0.2, 0.25) is 0 Å². The van der Waals surface area contributed by atoms with Gasteiger partial charge in [-0.1, -0.05) is 20.3 Å². The minimum absolute atomic E-state index is 0.256. The van der Waals surface area contributed by atoms with Gasteiger partial charge in [-0.15, -0.1) is 0 Å². The summed E-state index contributed by atoms with van der Waals surface area (Å²) < 4.78 is 12.3. The summed E-state index contributed by atoms with van der Waals surface area (Å²) in [6.07, 6.45) is 5.36. The molecule has 1 amide bonds. The van der Waals surface area contributed by atoms with Gasteiger partial charge in [0.1, 0.15) is 12.4 Å². The van der Waals surface area contributed by atoms with E-state index >= 15 is 0 Å². The third-order valence-electron chi connectivity index (χ3n) is 9.14. The molecule has 0 radical (unpaired) electrons. The molecule has 0 spiro atoms. The molecule has 0 atom stereocenters. The molecule has 10 heteroatoms. The van der Waals surface area contributed by atoms with Crippen LogP contribution in [0, 0.1) is 0 Å². The number of carbonyl (C=O) groups excluding carboxylic acids is 1. The number of carbonyl (C=O) groups is 2. The summed E-state index contributed by atoms with van der Waals surface area (Å²) in [5, 5.41) is 9.87. The van der Waals surface area contributed by atoms with Gasteiger partial charge >= 0.3 is 12.2 Å². The van der Waals surface area contributed by atoms with Gasteiger partial charge in [0.25, 0.3) is 5.56 Å². The predicted octanol–water partition coefficient (Wildman–Crippen LogP) is 5.19. The van der Waals surface area contributed by atoms with Crippen molar-refractivity contribution < 1.29 is 24.2 Å². The van der Waals surface area contributed by atoms with Crippen molar-refractivity contribution >= 4 is 23.2 Å². The molecule has 10 nitrogen and oxygen atoms in total. The van der Waals surface area contributed by atoms with Crippen molar-refractivity contribution in [2.45, 2.75) is 78.0 Å². The van der Waals surface area contributed by atoms with E-state index in [9.17, 15) is 14.4 Å². The molecule has 222 valence electrons. The average molecular weight is 575 g/mol. The van der Waals surface area contributed by atoms with E-state index in [-0.39, 0.29) is 18.3 Å². The van der Waals surface area contributed by atoms with Gasteiger partial charge in [-0.25, -0.2) is 14.6 Å². The first-order valence-electron chi connectivity index (χ1n) is 15.2. The Morgan fingerprint density at radius 3 is 2.45 bits per heavy atom. The standard InChI is InChI=1S/C32H38N4O6/c1-3-20-16-28-29-25(18-36(28)30(37)26(20)19-41-32(39)40)23(4-2)24-17-22(8-9-27(24)33-29)42-31(38)35-14-10-21(11-15-35)34-12-6-5-7-13-34/h8-9,16-17,21H,3-7,10-15,18-19H2,1-2H3,(H,39,40). The lowest BCUT2D eigenvalue weighted by atomic mass is 9.98. The smallest absolute Gasteiger partial charge is 0.450 e. The number of rotatable bonds is 6. The van der Waals surface area contributed by atoms with Crippen LogP contribution in [0.3, 0.4) is 0 Å². The highest BCUT2D eigenvalue weighted by molar-refractivity contribution is 5.89. The fraction of sp³-hybridized carbons (Fsp3) is 0.500. The van der Waals surface area contributed by atoms with E-state index in [1.165, 1.54) is 32.4 Å². The molecular weight excluding hydrogens is 536 g/mol. The molecule has 0 aliphatic carbocycles. The Morgan fingerprint density at radius 1 is 1.00 bits per heavy atom. The van der Waals surface area contributed by atoms with Gasteiger partial charge in [0.05, 0.1) is 29.0 Å². The molecule has 3 aliphatic heterocycles. The summed E-state index contributed by atoms with van der Waals surface area (Å²) in [7, 11) is 0. The van der Waals surface area contributed by atoms with Crippen LogP contribution in [0.25, 0.3) is 22.3 Å². The van der Waals surface area contributed by atoms with Gasteiger partial charge in [0.2, 0.25) is 0 Å². The van der Waals surface area contributed by atoms with Crippen molar-refractivity contribution in [1.82, 2.24) is 19.4 Å². The Morgan fingerprint density at radius 2 is 1.76 bits per heavy atom. The highest BCUT2D eigenvalue weighted by atomic mass is 16.7. The molecule has 3 aromatic rings. The number of nitrogens with zero attached hydrogens (tertiary/aromatic N) is 4. The third-order valence-corrected chi connectivity index (χ3v) is 9.14. The van der Waals surface area contributed by atoms with Crippen LogP contribution in [0.4, 0.5) is 9.59 Å². The van der Waals surface area contributed by atoms with Gasteiger partial charge in [-0.05, 0) is 87.0 Å². The quantitative estimate of drug-likeness (QED) is 0.313.